The Morgan fingerprint density at radius 2 is 2.27 bits per heavy atom. The van der Waals surface area contributed by atoms with Gasteiger partial charge in [0.15, 0.2) is 0 Å². The number of hydrogen-bond donors (Lipinski definition) is 2. The van der Waals surface area contributed by atoms with Gasteiger partial charge in [0.1, 0.15) is 5.15 Å². The van der Waals surface area contributed by atoms with Crippen LogP contribution in [-0.4, -0.2) is 11.5 Å². The Kier molecular flexibility index (Phi) is 2.82. The third-order valence-electron chi connectivity index (χ3n) is 1.43. The van der Waals surface area contributed by atoms with Crippen LogP contribution >= 0.6 is 11.6 Å². The molecule has 0 unspecified atom stereocenters. The first-order chi connectivity index (χ1) is 5.24. The van der Waals surface area contributed by atoms with Crippen LogP contribution in [0, 0.1) is 0 Å². The fourth-order valence-corrected chi connectivity index (χ4v) is 0.854. The van der Waals surface area contributed by atoms with Gasteiger partial charge in [-0.05, 0) is 11.6 Å². The molecule has 1 aromatic rings. The van der Waals surface area contributed by atoms with Crippen molar-refractivity contribution in [2.24, 2.45) is 11.5 Å². The zero-order valence-corrected chi connectivity index (χ0v) is 6.75. The highest BCUT2D eigenvalue weighted by molar-refractivity contribution is 6.29. The predicted molar refractivity (Wildman–Crippen MR) is 45.2 cm³/mol. The van der Waals surface area contributed by atoms with E-state index in [1.54, 1.807) is 12.3 Å². The first-order valence-electron chi connectivity index (χ1n) is 3.31. The predicted octanol–water partition coefficient (Wildman–Crippen LogP) is 0.694. The second kappa shape index (κ2) is 3.67. The summed E-state index contributed by atoms with van der Waals surface area (Å²) >= 11 is 5.58. The van der Waals surface area contributed by atoms with Crippen molar-refractivity contribution in [3.05, 3.63) is 29.0 Å². The summed E-state index contributed by atoms with van der Waals surface area (Å²) in [7, 11) is 0. The average Bonchev–Trinajstić information content (AvgIpc) is 2.05. The van der Waals surface area contributed by atoms with Gasteiger partial charge in [-0.3, -0.25) is 0 Å². The maximum Gasteiger partial charge on any atom is 0.129 e. The lowest BCUT2D eigenvalue weighted by Gasteiger charge is -2.07. The quantitative estimate of drug-likeness (QED) is 0.644. The summed E-state index contributed by atoms with van der Waals surface area (Å²) in [6, 6.07) is 3.39. The number of nitrogens with two attached hydrogens (primary N) is 2. The van der Waals surface area contributed by atoms with Crippen LogP contribution in [0.15, 0.2) is 18.3 Å². The number of halogens is 1. The van der Waals surface area contributed by atoms with Gasteiger partial charge in [0.25, 0.3) is 0 Å². The van der Waals surface area contributed by atoms with Crippen LogP contribution in [-0.2, 0) is 0 Å². The van der Waals surface area contributed by atoms with E-state index in [4.69, 9.17) is 23.1 Å². The first-order valence-corrected chi connectivity index (χ1v) is 3.69. The van der Waals surface area contributed by atoms with E-state index in [0.717, 1.165) is 5.56 Å². The van der Waals surface area contributed by atoms with Crippen LogP contribution in [0.5, 0.6) is 0 Å². The minimum absolute atomic E-state index is 0.139. The largest absolute Gasteiger partial charge is 0.329 e. The average molecular weight is 172 g/mol. The molecule has 0 saturated carbocycles. The summed E-state index contributed by atoms with van der Waals surface area (Å²) in [5.41, 5.74) is 11.9. The molecule has 0 amide bonds. The molecule has 60 valence electrons. The van der Waals surface area contributed by atoms with E-state index in [0.29, 0.717) is 11.7 Å². The van der Waals surface area contributed by atoms with Gasteiger partial charge in [0, 0.05) is 18.8 Å². The van der Waals surface area contributed by atoms with Crippen LogP contribution in [0.1, 0.15) is 11.6 Å². The standard InChI is InChI=1S/C7H10ClN3/c8-7-2-1-5(4-11-7)6(10)3-9/h1-2,4,6H,3,9-10H2/t6-/m1/s1. The maximum absolute atomic E-state index is 5.64. The Bertz CT molecular complexity index is 222. The fraction of sp³-hybridized carbons (Fsp3) is 0.286. The molecule has 0 radical (unpaired) electrons. The molecular weight excluding hydrogens is 162 g/mol. The zero-order chi connectivity index (χ0) is 8.27. The molecule has 0 aliphatic carbocycles. The topological polar surface area (TPSA) is 64.9 Å². The molecule has 1 heterocycles. The van der Waals surface area contributed by atoms with E-state index in [1.165, 1.54) is 0 Å². The van der Waals surface area contributed by atoms with Crippen LogP contribution in [0.3, 0.4) is 0 Å². The highest BCUT2D eigenvalue weighted by Gasteiger charge is 2.02. The number of hydrogen-bond acceptors (Lipinski definition) is 3. The SMILES string of the molecule is NC[C@@H](N)c1ccc(Cl)nc1. The van der Waals surface area contributed by atoms with Gasteiger partial charge < -0.3 is 11.5 Å². The molecule has 11 heavy (non-hydrogen) atoms. The van der Waals surface area contributed by atoms with Gasteiger partial charge in [-0.2, -0.15) is 0 Å². The smallest absolute Gasteiger partial charge is 0.129 e. The summed E-state index contributed by atoms with van der Waals surface area (Å²) in [6.07, 6.45) is 1.64. The van der Waals surface area contributed by atoms with Gasteiger partial charge in [-0.25, -0.2) is 4.98 Å². The maximum atomic E-state index is 5.64. The Hall–Kier alpha value is -0.640. The highest BCUT2D eigenvalue weighted by Crippen LogP contribution is 2.10. The fourth-order valence-electron chi connectivity index (χ4n) is 0.743. The third-order valence-corrected chi connectivity index (χ3v) is 1.66. The molecule has 0 saturated heterocycles. The van der Waals surface area contributed by atoms with Gasteiger partial charge in [0.2, 0.25) is 0 Å². The molecule has 1 atom stereocenters. The molecule has 4 heteroatoms. The summed E-state index contributed by atoms with van der Waals surface area (Å²) in [4.78, 5) is 3.88. The number of aromatic nitrogens is 1. The lowest BCUT2D eigenvalue weighted by atomic mass is 10.1. The van der Waals surface area contributed by atoms with Crippen LogP contribution in [0.25, 0.3) is 0 Å². The van der Waals surface area contributed by atoms with Gasteiger partial charge in [0.05, 0.1) is 0 Å². The summed E-state index contributed by atoms with van der Waals surface area (Å²) in [5.74, 6) is 0. The van der Waals surface area contributed by atoms with Crippen molar-refractivity contribution in [3.8, 4) is 0 Å². The van der Waals surface area contributed by atoms with E-state index in [2.05, 4.69) is 4.98 Å². The highest BCUT2D eigenvalue weighted by atomic mass is 35.5. The molecule has 0 spiro atoms. The van der Waals surface area contributed by atoms with E-state index in [1.807, 2.05) is 6.07 Å². The number of pyridine rings is 1. The first kappa shape index (κ1) is 8.46. The third kappa shape index (κ3) is 2.15. The molecular formula is C7H10ClN3. The van der Waals surface area contributed by atoms with Crippen LogP contribution < -0.4 is 11.5 Å². The lowest BCUT2D eigenvalue weighted by Crippen LogP contribution is -2.20. The molecule has 1 rings (SSSR count). The van der Waals surface area contributed by atoms with Crippen LogP contribution in [0.2, 0.25) is 5.15 Å². The number of nitrogens with zero attached hydrogens (tertiary/aromatic N) is 1. The lowest BCUT2D eigenvalue weighted by molar-refractivity contribution is 0.733. The van der Waals surface area contributed by atoms with Crippen molar-refractivity contribution in [1.82, 2.24) is 4.98 Å². The van der Waals surface area contributed by atoms with Crippen molar-refractivity contribution >= 4 is 11.6 Å². The van der Waals surface area contributed by atoms with E-state index < -0.39 is 0 Å². The summed E-state index contributed by atoms with van der Waals surface area (Å²) < 4.78 is 0. The molecule has 1 aromatic heterocycles. The molecule has 0 aromatic carbocycles. The molecule has 3 nitrogen and oxygen atoms in total. The molecule has 0 bridgehead atoms. The Morgan fingerprint density at radius 3 is 2.73 bits per heavy atom. The normalized spacial score (nSPS) is 13.0. The van der Waals surface area contributed by atoms with Crippen molar-refractivity contribution < 1.29 is 0 Å². The van der Waals surface area contributed by atoms with E-state index in [9.17, 15) is 0 Å². The molecule has 0 aliphatic rings. The van der Waals surface area contributed by atoms with E-state index in [-0.39, 0.29) is 6.04 Å². The summed E-state index contributed by atoms with van der Waals surface area (Å²) in [5, 5.41) is 0.470. The van der Waals surface area contributed by atoms with Crippen molar-refractivity contribution in [2.75, 3.05) is 6.54 Å². The van der Waals surface area contributed by atoms with E-state index >= 15 is 0 Å². The van der Waals surface area contributed by atoms with Gasteiger partial charge >= 0.3 is 0 Å². The monoisotopic (exact) mass is 171 g/mol. The zero-order valence-electron chi connectivity index (χ0n) is 6.00. The Balaban J connectivity index is 2.81. The Morgan fingerprint density at radius 1 is 1.55 bits per heavy atom. The molecule has 0 fully saturated rings. The van der Waals surface area contributed by atoms with Crippen molar-refractivity contribution in [2.45, 2.75) is 6.04 Å². The molecule has 4 N–H and O–H groups in total. The second-order valence-corrected chi connectivity index (χ2v) is 2.64. The minimum Gasteiger partial charge on any atom is -0.329 e. The molecule has 0 aliphatic heterocycles. The van der Waals surface area contributed by atoms with Crippen LogP contribution in [0.4, 0.5) is 0 Å². The van der Waals surface area contributed by atoms with Crippen molar-refractivity contribution in [3.63, 3.8) is 0 Å². The minimum atomic E-state index is -0.139. The van der Waals surface area contributed by atoms with Gasteiger partial charge in [-0.15, -0.1) is 0 Å². The second-order valence-electron chi connectivity index (χ2n) is 2.26. The summed E-state index contributed by atoms with van der Waals surface area (Å²) in [6.45, 7) is 0.420. The number of rotatable bonds is 2. The van der Waals surface area contributed by atoms with Crippen molar-refractivity contribution in [1.29, 1.82) is 0 Å². The Labute approximate surface area is 70.4 Å². The van der Waals surface area contributed by atoms with Gasteiger partial charge in [-0.1, -0.05) is 17.7 Å².